The van der Waals surface area contributed by atoms with Crippen molar-refractivity contribution in [3.05, 3.63) is 41.8 Å². The van der Waals surface area contributed by atoms with Gasteiger partial charge in [-0.2, -0.15) is 5.10 Å². The molecule has 3 atom stereocenters. The van der Waals surface area contributed by atoms with Crippen molar-refractivity contribution in [1.82, 2.24) is 20.0 Å². The van der Waals surface area contributed by atoms with E-state index in [0.717, 1.165) is 11.1 Å². The molecule has 8 nitrogen and oxygen atoms in total. The van der Waals surface area contributed by atoms with Gasteiger partial charge in [-0.05, 0) is 24.3 Å². The van der Waals surface area contributed by atoms with E-state index >= 15 is 0 Å². The number of carbonyl (C=O) groups excluding carboxylic acids is 2. The Morgan fingerprint density at radius 1 is 1.38 bits per heavy atom. The number of aromatic nitrogens is 2. The molecule has 1 fully saturated rings. The maximum atomic E-state index is 13.5. The molecule has 2 heterocycles. The van der Waals surface area contributed by atoms with Crippen LogP contribution in [-0.4, -0.2) is 56.8 Å². The summed E-state index contributed by atoms with van der Waals surface area (Å²) in [5.74, 6) is -0.391. The predicted molar refractivity (Wildman–Crippen MR) is 121 cm³/mol. The van der Waals surface area contributed by atoms with E-state index in [-0.39, 0.29) is 23.2 Å². The normalized spacial score (nSPS) is 19.2. The largest absolute Gasteiger partial charge is 0.391 e. The Kier molecular flexibility index (Phi) is 8.51. The van der Waals surface area contributed by atoms with Gasteiger partial charge in [0, 0.05) is 31.7 Å². The van der Waals surface area contributed by atoms with Crippen LogP contribution in [0.4, 0.5) is 4.39 Å². The van der Waals surface area contributed by atoms with E-state index in [1.165, 1.54) is 10.9 Å². The number of likely N-dealkylation sites (tertiary alicyclic amines) is 1. The van der Waals surface area contributed by atoms with Gasteiger partial charge in [0.15, 0.2) is 5.82 Å². The van der Waals surface area contributed by atoms with Crippen molar-refractivity contribution in [3.63, 3.8) is 0 Å². The van der Waals surface area contributed by atoms with Gasteiger partial charge < -0.3 is 21.1 Å². The first-order chi connectivity index (χ1) is 15.0. The Balaban J connectivity index is 0.000000229. The standard InChI is InChI=1S/C12H12FN3O.C11H22N2O2/c1-16-12(11(13)7-15-16)10-4-2-9(3-5-10)6-14-8-17;1-7-5-8(14)6-13(7)10(15)9(12)11(2,3)4/h2-5,7-8H,6H2,1H3,(H,14,17);7-9,14H,5-6,12H2,1-4H3. The number of carbonyl (C=O) groups is 2. The number of aliphatic hydroxyl groups excluding tert-OH is 1. The fourth-order valence-electron chi connectivity index (χ4n) is 3.53. The number of rotatable bonds is 5. The van der Waals surface area contributed by atoms with Crippen molar-refractivity contribution in [1.29, 1.82) is 0 Å². The van der Waals surface area contributed by atoms with Crippen LogP contribution in [0.15, 0.2) is 30.5 Å². The number of benzene rings is 1. The van der Waals surface area contributed by atoms with Crippen LogP contribution < -0.4 is 11.1 Å². The van der Waals surface area contributed by atoms with Crippen LogP contribution in [0.25, 0.3) is 11.3 Å². The summed E-state index contributed by atoms with van der Waals surface area (Å²) in [7, 11) is 1.69. The van der Waals surface area contributed by atoms with Crippen LogP contribution in [0.3, 0.4) is 0 Å². The number of nitrogens with one attached hydrogen (secondary N) is 1. The number of aliphatic hydroxyl groups is 1. The first kappa shape index (κ1) is 25.5. The smallest absolute Gasteiger partial charge is 0.240 e. The Hall–Kier alpha value is -2.78. The molecule has 0 saturated carbocycles. The molecule has 0 spiro atoms. The predicted octanol–water partition coefficient (Wildman–Crippen LogP) is 1.81. The van der Waals surface area contributed by atoms with Gasteiger partial charge in [0.05, 0.1) is 18.3 Å². The Labute approximate surface area is 188 Å². The summed E-state index contributed by atoms with van der Waals surface area (Å²) in [5, 5.41) is 15.9. The van der Waals surface area contributed by atoms with Crippen LogP contribution >= 0.6 is 0 Å². The molecule has 9 heteroatoms. The molecule has 1 aromatic heterocycles. The quantitative estimate of drug-likeness (QED) is 0.605. The van der Waals surface area contributed by atoms with Gasteiger partial charge in [-0.3, -0.25) is 14.3 Å². The maximum absolute atomic E-state index is 13.5. The first-order valence-electron chi connectivity index (χ1n) is 10.6. The molecule has 2 aromatic rings. The van der Waals surface area contributed by atoms with Crippen LogP contribution in [0.1, 0.15) is 39.7 Å². The minimum atomic E-state index is -0.495. The van der Waals surface area contributed by atoms with E-state index in [4.69, 9.17) is 5.73 Å². The second kappa shape index (κ2) is 10.7. The van der Waals surface area contributed by atoms with Gasteiger partial charge in [-0.25, -0.2) is 4.39 Å². The summed E-state index contributed by atoms with van der Waals surface area (Å²) in [6.45, 7) is 8.69. The molecular formula is C23H34FN5O3. The summed E-state index contributed by atoms with van der Waals surface area (Å²) < 4.78 is 15.0. The SMILES string of the molecule is CC1CC(O)CN1C(=O)C(N)C(C)(C)C.Cn1ncc(F)c1-c1ccc(CNC=O)cc1. The highest BCUT2D eigenvalue weighted by molar-refractivity contribution is 5.83. The molecule has 3 unspecified atom stereocenters. The van der Waals surface area contributed by atoms with E-state index < -0.39 is 12.1 Å². The molecule has 176 valence electrons. The van der Waals surface area contributed by atoms with E-state index in [1.807, 2.05) is 52.0 Å². The average molecular weight is 448 g/mol. The summed E-state index contributed by atoms with van der Waals surface area (Å²) in [5.41, 5.74) is 7.86. The summed E-state index contributed by atoms with van der Waals surface area (Å²) >= 11 is 0. The van der Waals surface area contributed by atoms with E-state index in [0.29, 0.717) is 31.6 Å². The monoisotopic (exact) mass is 447 g/mol. The van der Waals surface area contributed by atoms with Gasteiger partial charge in [-0.1, -0.05) is 45.0 Å². The third-order valence-electron chi connectivity index (χ3n) is 5.55. The van der Waals surface area contributed by atoms with Crippen molar-refractivity contribution < 1.29 is 19.1 Å². The average Bonchev–Trinajstić information content (AvgIpc) is 3.25. The summed E-state index contributed by atoms with van der Waals surface area (Å²) in [6.07, 6.45) is 2.10. The number of hydrogen-bond acceptors (Lipinski definition) is 5. The van der Waals surface area contributed by atoms with Gasteiger partial charge in [0.2, 0.25) is 12.3 Å². The second-order valence-electron chi connectivity index (χ2n) is 9.23. The molecule has 0 radical (unpaired) electrons. The lowest BCUT2D eigenvalue weighted by molar-refractivity contribution is -0.135. The lowest BCUT2D eigenvalue weighted by Crippen LogP contribution is -2.51. The molecule has 0 bridgehead atoms. The highest BCUT2D eigenvalue weighted by Gasteiger charge is 2.37. The summed E-state index contributed by atoms with van der Waals surface area (Å²) in [4.78, 5) is 23.9. The number of halogens is 1. The molecule has 1 aliphatic heterocycles. The zero-order chi connectivity index (χ0) is 24.1. The van der Waals surface area contributed by atoms with Gasteiger partial charge >= 0.3 is 0 Å². The highest BCUT2D eigenvalue weighted by atomic mass is 19.1. The Morgan fingerprint density at radius 3 is 2.44 bits per heavy atom. The molecule has 1 aromatic carbocycles. The van der Waals surface area contributed by atoms with Crippen LogP contribution in [0.5, 0.6) is 0 Å². The fourth-order valence-corrected chi connectivity index (χ4v) is 3.53. The number of nitrogens with zero attached hydrogens (tertiary/aromatic N) is 3. The molecule has 4 N–H and O–H groups in total. The lowest BCUT2D eigenvalue weighted by Gasteiger charge is -2.31. The number of nitrogens with two attached hydrogens (primary N) is 1. The third kappa shape index (κ3) is 6.37. The van der Waals surface area contributed by atoms with Crippen molar-refractivity contribution >= 4 is 12.3 Å². The van der Waals surface area contributed by atoms with Crippen LogP contribution in [-0.2, 0) is 23.2 Å². The first-order valence-corrected chi connectivity index (χ1v) is 10.6. The Bertz CT molecular complexity index is 888. The van der Waals surface area contributed by atoms with Gasteiger partial charge in [0.1, 0.15) is 5.69 Å². The van der Waals surface area contributed by atoms with Crippen LogP contribution in [0.2, 0.25) is 0 Å². The van der Waals surface area contributed by atoms with Crippen LogP contribution in [0, 0.1) is 11.2 Å². The molecule has 0 aliphatic carbocycles. The zero-order valence-electron chi connectivity index (χ0n) is 19.4. The van der Waals surface area contributed by atoms with E-state index in [9.17, 15) is 19.1 Å². The molecule has 3 rings (SSSR count). The van der Waals surface area contributed by atoms with Crippen molar-refractivity contribution in [2.24, 2.45) is 18.2 Å². The maximum Gasteiger partial charge on any atom is 0.240 e. The lowest BCUT2D eigenvalue weighted by atomic mass is 9.86. The molecule has 1 saturated heterocycles. The van der Waals surface area contributed by atoms with Crippen molar-refractivity contribution in [2.75, 3.05) is 6.54 Å². The minimum Gasteiger partial charge on any atom is -0.391 e. The third-order valence-corrected chi connectivity index (χ3v) is 5.55. The molecule has 32 heavy (non-hydrogen) atoms. The van der Waals surface area contributed by atoms with E-state index in [1.54, 1.807) is 11.9 Å². The van der Waals surface area contributed by atoms with Crippen molar-refractivity contribution in [2.45, 2.75) is 58.8 Å². The van der Waals surface area contributed by atoms with E-state index in [2.05, 4.69) is 10.4 Å². The second-order valence-corrected chi connectivity index (χ2v) is 9.23. The number of aryl methyl sites for hydroxylation is 1. The molecule has 2 amide bonds. The number of β-amino-alcohol motifs (C(OH)–C–C–N with tert-alkyl or cyclic N) is 1. The minimum absolute atomic E-state index is 0.0495. The van der Waals surface area contributed by atoms with Crippen molar-refractivity contribution in [3.8, 4) is 11.3 Å². The number of amides is 2. The highest BCUT2D eigenvalue weighted by Crippen LogP contribution is 2.24. The number of hydrogen-bond donors (Lipinski definition) is 3. The fraction of sp³-hybridized carbons (Fsp3) is 0.522. The van der Waals surface area contributed by atoms with Gasteiger partial charge in [-0.15, -0.1) is 0 Å². The van der Waals surface area contributed by atoms with Gasteiger partial charge in [0.25, 0.3) is 0 Å². The molecule has 1 aliphatic rings. The topological polar surface area (TPSA) is 113 Å². The zero-order valence-corrected chi connectivity index (χ0v) is 19.4. The Morgan fingerprint density at radius 2 is 2.00 bits per heavy atom. The summed E-state index contributed by atoms with van der Waals surface area (Å²) in [6, 6.07) is 6.91. The molecular weight excluding hydrogens is 413 g/mol.